The molecule has 130 valence electrons. The molecule has 1 aliphatic heterocycles. The maximum atomic E-state index is 13.0. The molecule has 1 heterocycles. The van der Waals surface area contributed by atoms with E-state index in [0.717, 1.165) is 26.2 Å². The number of nitrogens with zero attached hydrogens (tertiary/aromatic N) is 2. The smallest absolute Gasteiger partial charge is 0.228 e. The fraction of sp³-hybridized carbons (Fsp3) is 0.941. The molecule has 0 radical (unpaired) electrons. The lowest BCUT2D eigenvalue weighted by atomic mass is 9.88. The summed E-state index contributed by atoms with van der Waals surface area (Å²) in [6.07, 6.45) is 0.145. The topological polar surface area (TPSA) is 42.0 Å². The molecule has 1 amide bonds. The molecule has 1 fully saturated rings. The Labute approximate surface area is 135 Å². The number of ether oxygens (including phenoxy) is 2. The summed E-state index contributed by atoms with van der Waals surface area (Å²) in [6, 6.07) is 0. The van der Waals surface area contributed by atoms with Gasteiger partial charge in [0.2, 0.25) is 5.91 Å². The predicted molar refractivity (Wildman–Crippen MR) is 88.9 cm³/mol. The highest BCUT2D eigenvalue weighted by Crippen LogP contribution is 2.33. The number of hydrogen-bond acceptors (Lipinski definition) is 4. The highest BCUT2D eigenvalue weighted by atomic mass is 16.5. The third kappa shape index (κ3) is 4.93. The lowest BCUT2D eigenvalue weighted by Gasteiger charge is -2.30. The lowest BCUT2D eigenvalue weighted by molar-refractivity contribution is -0.138. The molecule has 4 unspecified atom stereocenters. The molecule has 22 heavy (non-hydrogen) atoms. The van der Waals surface area contributed by atoms with Crippen molar-refractivity contribution in [2.75, 3.05) is 46.4 Å². The Balaban J connectivity index is 2.71. The van der Waals surface area contributed by atoms with Gasteiger partial charge in [-0.05, 0) is 32.9 Å². The molecule has 0 aromatic heterocycles. The first-order chi connectivity index (χ1) is 10.5. The van der Waals surface area contributed by atoms with Crippen LogP contribution in [0.4, 0.5) is 0 Å². The van der Waals surface area contributed by atoms with Gasteiger partial charge in [-0.15, -0.1) is 0 Å². The molecule has 4 atom stereocenters. The van der Waals surface area contributed by atoms with Crippen LogP contribution >= 0.6 is 0 Å². The minimum Gasteiger partial charge on any atom is -0.383 e. The Morgan fingerprint density at radius 3 is 2.14 bits per heavy atom. The van der Waals surface area contributed by atoms with Crippen LogP contribution in [0.5, 0.6) is 0 Å². The molecule has 0 saturated carbocycles. The van der Waals surface area contributed by atoms with Crippen LogP contribution in [0.3, 0.4) is 0 Å². The Hall–Kier alpha value is -0.650. The molecule has 0 aromatic carbocycles. The number of rotatable bonds is 9. The van der Waals surface area contributed by atoms with Crippen LogP contribution < -0.4 is 0 Å². The molecule has 1 saturated heterocycles. The van der Waals surface area contributed by atoms with Crippen LogP contribution in [0.2, 0.25) is 0 Å². The van der Waals surface area contributed by atoms with Gasteiger partial charge in [0.15, 0.2) is 0 Å². The molecule has 1 rings (SSSR count). The van der Waals surface area contributed by atoms with E-state index in [1.807, 2.05) is 11.8 Å². The number of hydrogen-bond donors (Lipinski definition) is 0. The van der Waals surface area contributed by atoms with Crippen molar-refractivity contribution in [1.29, 1.82) is 0 Å². The van der Waals surface area contributed by atoms with Crippen molar-refractivity contribution in [3.05, 3.63) is 0 Å². The molecular weight excluding hydrogens is 280 g/mol. The summed E-state index contributed by atoms with van der Waals surface area (Å²) in [5.74, 6) is 0.443. The second-order valence-electron chi connectivity index (χ2n) is 6.28. The average Bonchev–Trinajstić information content (AvgIpc) is 2.75. The molecule has 5 heteroatoms. The van der Waals surface area contributed by atoms with Crippen LogP contribution in [0, 0.1) is 11.8 Å². The van der Waals surface area contributed by atoms with Crippen LogP contribution in [-0.4, -0.2) is 74.4 Å². The first kappa shape index (κ1) is 19.4. The molecule has 1 aliphatic rings. The van der Waals surface area contributed by atoms with Gasteiger partial charge in [0.25, 0.3) is 0 Å². The third-order valence-corrected chi connectivity index (χ3v) is 4.98. The molecule has 0 N–H and O–H groups in total. The van der Waals surface area contributed by atoms with Gasteiger partial charge in [-0.25, -0.2) is 0 Å². The van der Waals surface area contributed by atoms with Crippen molar-refractivity contribution in [3.63, 3.8) is 0 Å². The minimum atomic E-state index is -0.0384. The zero-order valence-corrected chi connectivity index (χ0v) is 15.2. The van der Waals surface area contributed by atoms with Gasteiger partial charge in [0.1, 0.15) is 0 Å². The van der Waals surface area contributed by atoms with Crippen LogP contribution in [0.1, 0.15) is 34.6 Å². The van der Waals surface area contributed by atoms with E-state index in [1.165, 1.54) is 0 Å². The van der Waals surface area contributed by atoms with Crippen LogP contribution in [0.15, 0.2) is 0 Å². The standard InChI is InChI=1S/C17H34N2O3/c1-7-18(8-2)9-10-19(11-12-21-6)17(20)16-13(3)14(4)22-15(16)5/h13-16H,7-12H2,1-6H3. The number of likely N-dealkylation sites (N-methyl/N-ethyl adjacent to an activating group) is 1. The molecule has 0 bridgehead atoms. The van der Waals surface area contributed by atoms with E-state index in [2.05, 4.69) is 32.6 Å². The van der Waals surface area contributed by atoms with E-state index in [4.69, 9.17) is 9.47 Å². The second kappa shape index (κ2) is 9.48. The summed E-state index contributed by atoms with van der Waals surface area (Å²) in [5.41, 5.74) is 0. The second-order valence-corrected chi connectivity index (χ2v) is 6.28. The minimum absolute atomic E-state index is 0.00371. The SMILES string of the molecule is CCN(CC)CCN(CCOC)C(=O)C1C(C)OC(C)C1C. The van der Waals surface area contributed by atoms with Crippen molar-refractivity contribution in [3.8, 4) is 0 Å². The maximum Gasteiger partial charge on any atom is 0.228 e. The van der Waals surface area contributed by atoms with E-state index in [0.29, 0.717) is 13.2 Å². The Bertz CT molecular complexity index is 334. The third-order valence-electron chi connectivity index (χ3n) is 4.98. The summed E-state index contributed by atoms with van der Waals surface area (Å²) in [4.78, 5) is 17.3. The first-order valence-electron chi connectivity index (χ1n) is 8.61. The normalized spacial score (nSPS) is 28.3. The molecular formula is C17H34N2O3. The van der Waals surface area contributed by atoms with E-state index in [9.17, 15) is 4.79 Å². The quantitative estimate of drug-likeness (QED) is 0.651. The van der Waals surface area contributed by atoms with E-state index >= 15 is 0 Å². The van der Waals surface area contributed by atoms with Gasteiger partial charge in [-0.2, -0.15) is 0 Å². The molecule has 0 aliphatic carbocycles. The van der Waals surface area contributed by atoms with E-state index in [-0.39, 0.29) is 30.0 Å². The summed E-state index contributed by atoms with van der Waals surface area (Å²) in [5, 5.41) is 0. The largest absolute Gasteiger partial charge is 0.383 e. The first-order valence-corrected chi connectivity index (χ1v) is 8.61. The Morgan fingerprint density at radius 2 is 1.68 bits per heavy atom. The van der Waals surface area contributed by atoms with Gasteiger partial charge in [-0.3, -0.25) is 4.79 Å². The van der Waals surface area contributed by atoms with Crippen molar-refractivity contribution in [2.45, 2.75) is 46.8 Å². The number of amides is 1. The van der Waals surface area contributed by atoms with Crippen molar-refractivity contribution in [2.24, 2.45) is 11.8 Å². The summed E-state index contributed by atoms with van der Waals surface area (Å²) in [6.45, 7) is 15.4. The number of carbonyl (C=O) groups excluding carboxylic acids is 1. The Morgan fingerprint density at radius 1 is 1.05 bits per heavy atom. The monoisotopic (exact) mass is 314 g/mol. The van der Waals surface area contributed by atoms with Gasteiger partial charge in [0.05, 0.1) is 24.7 Å². The number of methoxy groups -OCH3 is 1. The molecule has 0 spiro atoms. The van der Waals surface area contributed by atoms with Gasteiger partial charge in [0, 0.05) is 26.7 Å². The highest BCUT2D eigenvalue weighted by Gasteiger charge is 2.43. The molecule has 0 aromatic rings. The maximum absolute atomic E-state index is 13.0. The average molecular weight is 314 g/mol. The number of carbonyl (C=O) groups is 1. The van der Waals surface area contributed by atoms with Crippen LogP contribution in [0.25, 0.3) is 0 Å². The van der Waals surface area contributed by atoms with Crippen molar-refractivity contribution < 1.29 is 14.3 Å². The van der Waals surface area contributed by atoms with Crippen LogP contribution in [-0.2, 0) is 14.3 Å². The zero-order chi connectivity index (χ0) is 16.7. The van der Waals surface area contributed by atoms with E-state index in [1.54, 1.807) is 7.11 Å². The fourth-order valence-corrected chi connectivity index (χ4v) is 3.24. The summed E-state index contributed by atoms with van der Waals surface area (Å²) in [7, 11) is 1.68. The Kier molecular flexibility index (Phi) is 8.36. The van der Waals surface area contributed by atoms with Gasteiger partial charge >= 0.3 is 0 Å². The summed E-state index contributed by atoms with van der Waals surface area (Å²) < 4.78 is 11.0. The van der Waals surface area contributed by atoms with Gasteiger partial charge < -0.3 is 19.3 Å². The van der Waals surface area contributed by atoms with Crippen molar-refractivity contribution in [1.82, 2.24) is 9.80 Å². The zero-order valence-electron chi connectivity index (χ0n) is 15.2. The highest BCUT2D eigenvalue weighted by molar-refractivity contribution is 5.80. The van der Waals surface area contributed by atoms with Gasteiger partial charge in [-0.1, -0.05) is 20.8 Å². The predicted octanol–water partition coefficient (Wildman–Crippen LogP) is 1.86. The fourth-order valence-electron chi connectivity index (χ4n) is 3.24. The molecule has 5 nitrogen and oxygen atoms in total. The van der Waals surface area contributed by atoms with E-state index < -0.39 is 0 Å². The van der Waals surface area contributed by atoms with Crippen molar-refractivity contribution >= 4 is 5.91 Å². The lowest BCUT2D eigenvalue weighted by Crippen LogP contribution is -2.45. The summed E-state index contributed by atoms with van der Waals surface area (Å²) >= 11 is 0.